The number of rotatable bonds is 3. The smallest absolute Gasteiger partial charge is 0.132 e. The van der Waals surface area contributed by atoms with Crippen LogP contribution in [0.15, 0.2) is 42.6 Å². The predicted molar refractivity (Wildman–Crippen MR) is 69.9 cm³/mol. The molecule has 2 aromatic rings. The standard InChI is InChI=1S/C14H14ClNO/c1-10(2)11-3-5-12(6-4-11)17-13-7-8-16-14(15)9-13/h3-10H,1-2H3. The maximum atomic E-state index is 5.79. The number of hydrogen-bond acceptors (Lipinski definition) is 2. The van der Waals surface area contributed by atoms with Crippen LogP contribution in [0.5, 0.6) is 11.5 Å². The first kappa shape index (κ1) is 11.9. The summed E-state index contributed by atoms with van der Waals surface area (Å²) in [5.74, 6) is 2.03. The quantitative estimate of drug-likeness (QED) is 0.737. The van der Waals surface area contributed by atoms with Gasteiger partial charge in [-0.2, -0.15) is 0 Å². The SMILES string of the molecule is CC(C)c1ccc(Oc2ccnc(Cl)c2)cc1. The maximum Gasteiger partial charge on any atom is 0.132 e. The number of benzene rings is 1. The van der Waals surface area contributed by atoms with Crippen molar-refractivity contribution < 1.29 is 4.74 Å². The van der Waals surface area contributed by atoms with Crippen molar-refractivity contribution in [1.82, 2.24) is 4.98 Å². The lowest BCUT2D eigenvalue weighted by Crippen LogP contribution is -1.88. The van der Waals surface area contributed by atoms with Crippen LogP contribution < -0.4 is 4.74 Å². The zero-order valence-electron chi connectivity index (χ0n) is 9.85. The van der Waals surface area contributed by atoms with Crippen molar-refractivity contribution in [2.24, 2.45) is 0 Å². The fourth-order valence-electron chi connectivity index (χ4n) is 1.51. The normalized spacial score (nSPS) is 10.6. The number of ether oxygens (including phenoxy) is 1. The zero-order valence-corrected chi connectivity index (χ0v) is 10.6. The highest BCUT2D eigenvalue weighted by Gasteiger charge is 2.01. The Bertz CT molecular complexity index is 494. The lowest BCUT2D eigenvalue weighted by molar-refractivity contribution is 0.481. The van der Waals surface area contributed by atoms with Gasteiger partial charge in [0.25, 0.3) is 0 Å². The van der Waals surface area contributed by atoms with E-state index in [0.717, 1.165) is 5.75 Å². The van der Waals surface area contributed by atoms with Crippen molar-refractivity contribution in [2.45, 2.75) is 19.8 Å². The Labute approximate surface area is 106 Å². The number of hydrogen-bond donors (Lipinski definition) is 0. The van der Waals surface area contributed by atoms with Crippen molar-refractivity contribution in [2.75, 3.05) is 0 Å². The fraction of sp³-hybridized carbons (Fsp3) is 0.214. The highest BCUT2D eigenvalue weighted by atomic mass is 35.5. The second-order valence-electron chi connectivity index (χ2n) is 4.14. The highest BCUT2D eigenvalue weighted by molar-refractivity contribution is 6.29. The largest absolute Gasteiger partial charge is 0.457 e. The predicted octanol–water partition coefficient (Wildman–Crippen LogP) is 4.65. The molecule has 0 unspecified atom stereocenters. The van der Waals surface area contributed by atoms with Crippen LogP contribution in [0.3, 0.4) is 0 Å². The Morgan fingerprint density at radius 1 is 1.06 bits per heavy atom. The van der Waals surface area contributed by atoms with Crippen LogP contribution in [0.1, 0.15) is 25.3 Å². The van der Waals surface area contributed by atoms with Gasteiger partial charge in [0.15, 0.2) is 0 Å². The summed E-state index contributed by atoms with van der Waals surface area (Å²) in [5.41, 5.74) is 1.30. The molecule has 3 heteroatoms. The summed E-state index contributed by atoms with van der Waals surface area (Å²) >= 11 is 5.79. The van der Waals surface area contributed by atoms with Gasteiger partial charge in [0.05, 0.1) is 0 Å². The number of halogens is 1. The monoisotopic (exact) mass is 247 g/mol. The second kappa shape index (κ2) is 5.19. The Balaban J connectivity index is 2.14. The van der Waals surface area contributed by atoms with Gasteiger partial charge in [-0.3, -0.25) is 0 Å². The Kier molecular flexibility index (Phi) is 3.64. The summed E-state index contributed by atoms with van der Waals surface area (Å²) in [4.78, 5) is 3.90. The number of pyridine rings is 1. The van der Waals surface area contributed by atoms with E-state index in [-0.39, 0.29) is 0 Å². The van der Waals surface area contributed by atoms with E-state index in [9.17, 15) is 0 Å². The summed E-state index contributed by atoms with van der Waals surface area (Å²) in [7, 11) is 0. The van der Waals surface area contributed by atoms with E-state index in [1.807, 2.05) is 12.1 Å². The molecule has 1 aromatic heterocycles. The van der Waals surface area contributed by atoms with Crippen molar-refractivity contribution in [3.05, 3.63) is 53.3 Å². The number of aromatic nitrogens is 1. The van der Waals surface area contributed by atoms with Crippen LogP contribution in [0.2, 0.25) is 5.15 Å². The Morgan fingerprint density at radius 2 is 1.76 bits per heavy atom. The topological polar surface area (TPSA) is 22.1 Å². The third-order valence-electron chi connectivity index (χ3n) is 2.48. The van der Waals surface area contributed by atoms with Crippen LogP contribution in [-0.4, -0.2) is 4.98 Å². The molecule has 0 fully saturated rings. The van der Waals surface area contributed by atoms with E-state index < -0.39 is 0 Å². The average Bonchev–Trinajstić information content (AvgIpc) is 2.29. The van der Waals surface area contributed by atoms with E-state index in [2.05, 4.69) is 31.0 Å². The summed E-state index contributed by atoms with van der Waals surface area (Å²) in [6.07, 6.45) is 1.63. The van der Waals surface area contributed by atoms with E-state index in [1.165, 1.54) is 5.56 Å². The van der Waals surface area contributed by atoms with Gasteiger partial charge in [0.2, 0.25) is 0 Å². The molecule has 0 N–H and O–H groups in total. The molecule has 1 aromatic carbocycles. The molecule has 0 amide bonds. The van der Waals surface area contributed by atoms with Gasteiger partial charge in [-0.25, -0.2) is 4.98 Å². The van der Waals surface area contributed by atoms with E-state index in [0.29, 0.717) is 16.8 Å². The van der Waals surface area contributed by atoms with Gasteiger partial charge in [-0.1, -0.05) is 37.6 Å². The minimum absolute atomic E-state index is 0.432. The van der Waals surface area contributed by atoms with Gasteiger partial charge in [-0.05, 0) is 29.7 Å². The molecule has 0 aliphatic heterocycles. The molecule has 0 aliphatic rings. The van der Waals surface area contributed by atoms with E-state index in [1.54, 1.807) is 18.3 Å². The van der Waals surface area contributed by atoms with Crippen molar-refractivity contribution in [3.63, 3.8) is 0 Å². The van der Waals surface area contributed by atoms with Crippen LogP contribution >= 0.6 is 11.6 Å². The lowest BCUT2D eigenvalue weighted by atomic mass is 10.0. The second-order valence-corrected chi connectivity index (χ2v) is 4.53. The third kappa shape index (κ3) is 3.21. The molecule has 2 nitrogen and oxygen atoms in total. The molecular formula is C14H14ClNO. The molecule has 0 bridgehead atoms. The van der Waals surface area contributed by atoms with Crippen LogP contribution in [0.4, 0.5) is 0 Å². The minimum Gasteiger partial charge on any atom is -0.457 e. The van der Waals surface area contributed by atoms with Gasteiger partial charge in [0.1, 0.15) is 16.7 Å². The molecule has 0 atom stereocenters. The molecule has 0 saturated heterocycles. The molecule has 88 valence electrons. The average molecular weight is 248 g/mol. The maximum absolute atomic E-state index is 5.79. The Hall–Kier alpha value is -1.54. The zero-order chi connectivity index (χ0) is 12.3. The molecule has 17 heavy (non-hydrogen) atoms. The van der Waals surface area contributed by atoms with Crippen LogP contribution in [-0.2, 0) is 0 Å². The van der Waals surface area contributed by atoms with Crippen LogP contribution in [0, 0.1) is 0 Å². The van der Waals surface area contributed by atoms with Crippen molar-refractivity contribution in [1.29, 1.82) is 0 Å². The summed E-state index contributed by atoms with van der Waals surface area (Å²) in [6.45, 7) is 4.33. The van der Waals surface area contributed by atoms with E-state index in [4.69, 9.17) is 16.3 Å². The molecule has 0 aliphatic carbocycles. The fourth-order valence-corrected chi connectivity index (χ4v) is 1.67. The van der Waals surface area contributed by atoms with Gasteiger partial charge in [0, 0.05) is 12.3 Å². The summed E-state index contributed by atoms with van der Waals surface area (Å²) in [5, 5.41) is 0.432. The molecule has 2 rings (SSSR count). The van der Waals surface area contributed by atoms with Crippen molar-refractivity contribution in [3.8, 4) is 11.5 Å². The molecular weight excluding hydrogens is 234 g/mol. The minimum atomic E-state index is 0.432. The number of nitrogens with zero attached hydrogens (tertiary/aromatic N) is 1. The lowest BCUT2D eigenvalue weighted by Gasteiger charge is -2.08. The van der Waals surface area contributed by atoms with Crippen molar-refractivity contribution >= 4 is 11.6 Å². The summed E-state index contributed by atoms with van der Waals surface area (Å²) < 4.78 is 5.67. The molecule has 1 heterocycles. The molecule has 0 spiro atoms. The van der Waals surface area contributed by atoms with Gasteiger partial charge >= 0.3 is 0 Å². The van der Waals surface area contributed by atoms with Crippen LogP contribution in [0.25, 0.3) is 0 Å². The molecule has 0 saturated carbocycles. The van der Waals surface area contributed by atoms with E-state index >= 15 is 0 Å². The third-order valence-corrected chi connectivity index (χ3v) is 2.69. The van der Waals surface area contributed by atoms with Gasteiger partial charge < -0.3 is 4.74 Å². The summed E-state index contributed by atoms with van der Waals surface area (Å²) in [6, 6.07) is 11.5. The molecule has 0 radical (unpaired) electrons. The Morgan fingerprint density at radius 3 is 2.35 bits per heavy atom. The first-order valence-corrected chi connectivity index (χ1v) is 5.92. The first-order chi connectivity index (χ1) is 8.15. The first-order valence-electron chi connectivity index (χ1n) is 5.54. The van der Waals surface area contributed by atoms with Gasteiger partial charge in [-0.15, -0.1) is 0 Å². The highest BCUT2D eigenvalue weighted by Crippen LogP contribution is 2.24.